The van der Waals surface area contributed by atoms with Crippen molar-refractivity contribution in [3.05, 3.63) is 83.6 Å². The van der Waals surface area contributed by atoms with E-state index in [2.05, 4.69) is 0 Å². The van der Waals surface area contributed by atoms with Gasteiger partial charge in [0, 0.05) is 39.7 Å². The molecule has 1 aliphatic carbocycles. The summed E-state index contributed by atoms with van der Waals surface area (Å²) in [6.45, 7) is 0. The first-order chi connectivity index (χ1) is 14.3. The van der Waals surface area contributed by atoms with Crippen LogP contribution in [-0.4, -0.2) is 34.3 Å². The Morgan fingerprint density at radius 3 is 1.00 bits per heavy atom. The van der Waals surface area contributed by atoms with Gasteiger partial charge in [-0.2, -0.15) is 0 Å². The van der Waals surface area contributed by atoms with Crippen molar-refractivity contribution < 1.29 is 20.8 Å². The number of imidazole rings is 3. The summed E-state index contributed by atoms with van der Waals surface area (Å²) in [5.74, 6) is 0. The summed E-state index contributed by atoms with van der Waals surface area (Å²) in [4.78, 5) is 0. The molecule has 3 aromatic rings. The van der Waals surface area contributed by atoms with Crippen molar-refractivity contribution >= 4 is 60.8 Å². The molecule has 0 N–H and O–H groups in total. The van der Waals surface area contributed by atoms with Gasteiger partial charge in [-0.1, -0.05) is 0 Å². The van der Waals surface area contributed by atoms with Crippen LogP contribution in [0.15, 0.2) is 37.2 Å². The SMILES string of the molecule is Cn1ccn([B-](n2ccn(C)c2=S)n2ccn(C)c2=S)c1=S.[CH]1[CH][CH][CH][CH]1.[Cl][Zr+2][Cl]. The molecule has 0 spiro atoms. The van der Waals surface area contributed by atoms with Gasteiger partial charge >= 0.3 is 37.9 Å². The summed E-state index contributed by atoms with van der Waals surface area (Å²) >= 11 is 15.7. The molecule has 0 aromatic carbocycles. The Morgan fingerprint density at radius 1 is 0.600 bits per heavy atom. The summed E-state index contributed by atoms with van der Waals surface area (Å²) in [6.07, 6.45) is 21.6. The molecule has 0 amide bonds. The summed E-state index contributed by atoms with van der Waals surface area (Å²) in [7, 11) is 15.4. The van der Waals surface area contributed by atoms with E-state index in [1.807, 2.05) is 118 Å². The molecule has 3 heterocycles. The molecule has 6 radical (unpaired) electrons. The van der Waals surface area contributed by atoms with Gasteiger partial charge in [0.2, 0.25) is 7.12 Å². The maximum absolute atomic E-state index is 5.52. The van der Waals surface area contributed by atoms with E-state index in [9.17, 15) is 0 Å². The zero-order valence-corrected chi connectivity index (χ0v) is 23.0. The van der Waals surface area contributed by atoms with E-state index in [1.165, 1.54) is 0 Å². The van der Waals surface area contributed by atoms with E-state index >= 15 is 0 Å². The van der Waals surface area contributed by atoms with E-state index in [-0.39, 0.29) is 7.12 Å². The minimum absolute atomic E-state index is 0.268. The Hall–Kier alpha value is -0.182. The van der Waals surface area contributed by atoms with Crippen molar-refractivity contribution in [3.8, 4) is 0 Å². The molecule has 1 saturated carbocycles. The number of halogens is 2. The molecule has 30 heavy (non-hydrogen) atoms. The first-order valence-electron chi connectivity index (χ1n) is 8.66. The molecule has 3 aromatic heterocycles. The van der Waals surface area contributed by atoms with Gasteiger partial charge in [0.05, 0.1) is 0 Å². The standard InChI is InChI=1S/C12H15BN6S3.C5H5.2ClH.Zr/c1-14-4-7-17(10(14)20)13(18-8-5-15(2)11(18)21)19-9-6-16(3)12(19)22;1-2-4-5-3-1;;;/h4-9H,1-3H3;1-5H;2*1H;/q-1;;;;+4/p-2. The first kappa shape index (κ1) is 26.1. The number of nitrogens with zero attached hydrogens (tertiary/aromatic N) is 6. The Bertz CT molecular complexity index is 971. The van der Waals surface area contributed by atoms with E-state index in [0.717, 1.165) is 0 Å². The summed E-state index contributed by atoms with van der Waals surface area (Å²) in [5.41, 5.74) is 0. The summed E-state index contributed by atoms with van der Waals surface area (Å²) in [6, 6.07) is 0. The molecule has 0 unspecified atom stereocenters. The van der Waals surface area contributed by atoms with E-state index in [4.69, 9.17) is 53.7 Å². The van der Waals surface area contributed by atoms with Crippen LogP contribution in [0.5, 0.6) is 0 Å². The quantitative estimate of drug-likeness (QED) is 0.336. The molecule has 0 saturated heterocycles. The Morgan fingerprint density at radius 2 is 0.833 bits per heavy atom. The van der Waals surface area contributed by atoms with Crippen molar-refractivity contribution in [3.63, 3.8) is 0 Å². The third-order valence-corrected chi connectivity index (χ3v) is 5.72. The topological polar surface area (TPSA) is 29.6 Å². The van der Waals surface area contributed by atoms with Crippen LogP contribution >= 0.6 is 53.7 Å². The van der Waals surface area contributed by atoms with E-state index < -0.39 is 20.8 Å². The molecular formula is C17H20BCl2N6S3Zr+. The number of hydrogen-bond donors (Lipinski definition) is 0. The average Bonchev–Trinajstić information content (AvgIpc) is 3.51. The second-order valence-electron chi connectivity index (χ2n) is 6.18. The molecule has 156 valence electrons. The van der Waals surface area contributed by atoms with Gasteiger partial charge in [-0.05, 0) is 87.3 Å². The first-order valence-corrected chi connectivity index (χ1v) is 16.2. The molecular weight excluding hydrogens is 557 g/mol. The Kier molecular flexibility index (Phi) is 11.1. The van der Waals surface area contributed by atoms with Crippen LogP contribution in [0.4, 0.5) is 0 Å². The number of aromatic nitrogens is 6. The van der Waals surface area contributed by atoms with Crippen molar-refractivity contribution in [1.82, 2.24) is 27.1 Å². The number of aryl methyl sites for hydroxylation is 3. The minimum atomic E-state index is -0.826. The zero-order valence-electron chi connectivity index (χ0n) is 16.6. The molecule has 6 nitrogen and oxygen atoms in total. The summed E-state index contributed by atoms with van der Waals surface area (Å²) in [5, 5.41) is 0. The molecule has 0 bridgehead atoms. The molecule has 0 atom stereocenters. The molecule has 1 aliphatic rings. The van der Waals surface area contributed by atoms with Crippen molar-refractivity contribution in [1.29, 1.82) is 0 Å². The normalized spacial score (nSPS) is 12.7. The predicted molar refractivity (Wildman–Crippen MR) is 128 cm³/mol. The average molecular weight is 578 g/mol. The van der Waals surface area contributed by atoms with Gasteiger partial charge in [0.1, 0.15) is 14.3 Å². The fourth-order valence-electron chi connectivity index (χ4n) is 2.69. The number of hydrogen-bond acceptors (Lipinski definition) is 3. The number of rotatable bonds is 3. The molecule has 1 fully saturated rings. The zero-order chi connectivity index (χ0) is 22.3. The van der Waals surface area contributed by atoms with Gasteiger partial charge in [0.25, 0.3) is 0 Å². The fraction of sp³-hybridized carbons (Fsp3) is 0.176. The van der Waals surface area contributed by atoms with Crippen LogP contribution in [0, 0.1) is 46.4 Å². The van der Waals surface area contributed by atoms with Crippen LogP contribution < -0.4 is 0 Å². The molecule has 4 rings (SSSR count). The molecule has 13 heteroatoms. The van der Waals surface area contributed by atoms with E-state index in [0.29, 0.717) is 14.3 Å². The Labute approximate surface area is 211 Å². The van der Waals surface area contributed by atoms with Crippen molar-refractivity contribution in [2.45, 2.75) is 0 Å². The van der Waals surface area contributed by atoms with Gasteiger partial charge in [-0.15, -0.1) is 0 Å². The van der Waals surface area contributed by atoms with Gasteiger partial charge < -0.3 is 27.1 Å². The second kappa shape index (κ2) is 12.8. The fourth-order valence-corrected chi connectivity index (χ4v) is 3.34. The van der Waals surface area contributed by atoms with Crippen molar-refractivity contribution in [2.75, 3.05) is 0 Å². The second-order valence-corrected chi connectivity index (χ2v) is 11.0. The van der Waals surface area contributed by atoms with Crippen LogP contribution in [-0.2, 0) is 42.0 Å². The van der Waals surface area contributed by atoms with Crippen molar-refractivity contribution in [2.24, 2.45) is 21.1 Å². The van der Waals surface area contributed by atoms with Gasteiger partial charge in [-0.25, -0.2) is 0 Å². The van der Waals surface area contributed by atoms with Gasteiger partial charge in [-0.3, -0.25) is 0 Å². The van der Waals surface area contributed by atoms with Crippen LogP contribution in [0.2, 0.25) is 0 Å². The maximum atomic E-state index is 5.52. The third-order valence-electron chi connectivity index (χ3n) is 4.22. The van der Waals surface area contributed by atoms with Crippen LogP contribution in [0.1, 0.15) is 0 Å². The predicted octanol–water partition coefficient (Wildman–Crippen LogP) is 4.62. The summed E-state index contributed by atoms with van der Waals surface area (Å²) < 4.78 is 13.7. The molecule has 0 aliphatic heterocycles. The van der Waals surface area contributed by atoms with Crippen LogP contribution in [0.3, 0.4) is 0 Å². The van der Waals surface area contributed by atoms with Crippen LogP contribution in [0.25, 0.3) is 0 Å². The Balaban J connectivity index is 0.000000338. The van der Waals surface area contributed by atoms with E-state index in [1.54, 1.807) is 0 Å². The third kappa shape index (κ3) is 6.42. The van der Waals surface area contributed by atoms with Gasteiger partial charge in [0.15, 0.2) is 0 Å². The monoisotopic (exact) mass is 575 g/mol.